The molecule has 0 aliphatic heterocycles. The van der Waals surface area contributed by atoms with E-state index in [9.17, 15) is 9.59 Å². The fourth-order valence-electron chi connectivity index (χ4n) is 7.34. The fraction of sp³-hybridized carbons (Fsp3) is 0.957. The summed E-state index contributed by atoms with van der Waals surface area (Å²) in [6.07, 6.45) is 54.6. The Morgan fingerprint density at radius 2 is 0.540 bits per heavy atom. The SMILES string of the molecule is CCCCCCCCCCCC(=O)OCCCCCCCCCCCCCCCCCCCCCCCCCCCCCCCCCC(=O)O. The van der Waals surface area contributed by atoms with Gasteiger partial charge in [-0.3, -0.25) is 9.59 Å². The molecule has 0 saturated heterocycles. The molecule has 0 aromatic carbocycles. The molecule has 0 fully saturated rings. The lowest BCUT2D eigenvalue weighted by atomic mass is 10.0. The largest absolute Gasteiger partial charge is 0.481 e. The zero-order valence-corrected chi connectivity index (χ0v) is 34.1. The minimum atomic E-state index is -0.652. The van der Waals surface area contributed by atoms with E-state index in [1.165, 1.54) is 231 Å². The average Bonchev–Trinajstić information content (AvgIpc) is 3.11. The number of rotatable bonds is 44. The minimum Gasteiger partial charge on any atom is -0.481 e. The number of carbonyl (C=O) groups is 2. The normalized spacial score (nSPS) is 11.4. The Labute approximate surface area is 313 Å². The molecule has 0 amide bonds. The van der Waals surface area contributed by atoms with Gasteiger partial charge in [-0.15, -0.1) is 0 Å². The molecule has 4 nitrogen and oxygen atoms in total. The lowest BCUT2D eigenvalue weighted by Gasteiger charge is -2.06. The van der Waals surface area contributed by atoms with E-state index in [1.54, 1.807) is 0 Å². The van der Waals surface area contributed by atoms with Gasteiger partial charge < -0.3 is 9.84 Å². The van der Waals surface area contributed by atoms with Crippen LogP contribution in [0.2, 0.25) is 0 Å². The Morgan fingerprint density at radius 1 is 0.320 bits per heavy atom. The van der Waals surface area contributed by atoms with Gasteiger partial charge in [0, 0.05) is 12.8 Å². The molecule has 0 aromatic rings. The van der Waals surface area contributed by atoms with Crippen molar-refractivity contribution in [3.8, 4) is 0 Å². The van der Waals surface area contributed by atoms with Crippen LogP contribution >= 0.6 is 0 Å². The van der Waals surface area contributed by atoms with Crippen LogP contribution in [0.3, 0.4) is 0 Å². The molecule has 0 unspecified atom stereocenters. The van der Waals surface area contributed by atoms with Crippen molar-refractivity contribution >= 4 is 11.9 Å². The van der Waals surface area contributed by atoms with E-state index < -0.39 is 5.97 Å². The molecular formula is C46H90O4. The van der Waals surface area contributed by atoms with Gasteiger partial charge in [0.15, 0.2) is 0 Å². The number of hydrogen-bond acceptors (Lipinski definition) is 3. The van der Waals surface area contributed by atoms with Gasteiger partial charge in [-0.2, -0.15) is 0 Å². The lowest BCUT2D eigenvalue weighted by molar-refractivity contribution is -0.144. The molecule has 0 aromatic heterocycles. The van der Waals surface area contributed by atoms with Gasteiger partial charge >= 0.3 is 11.9 Å². The van der Waals surface area contributed by atoms with E-state index in [0.29, 0.717) is 19.4 Å². The maximum absolute atomic E-state index is 11.9. The highest BCUT2D eigenvalue weighted by atomic mass is 16.5. The van der Waals surface area contributed by atoms with Crippen LogP contribution in [-0.4, -0.2) is 23.7 Å². The number of carboxylic acids is 1. The second-order valence-electron chi connectivity index (χ2n) is 15.9. The molecule has 0 aliphatic rings. The van der Waals surface area contributed by atoms with Crippen molar-refractivity contribution in [3.05, 3.63) is 0 Å². The van der Waals surface area contributed by atoms with Crippen molar-refractivity contribution in [1.82, 2.24) is 0 Å². The summed E-state index contributed by atoms with van der Waals surface area (Å²) in [4.78, 5) is 22.4. The first-order chi connectivity index (χ1) is 24.7. The van der Waals surface area contributed by atoms with Crippen LogP contribution in [0.1, 0.15) is 277 Å². The molecule has 0 rings (SSSR count). The smallest absolute Gasteiger partial charge is 0.305 e. The molecule has 0 aliphatic carbocycles. The number of hydrogen-bond donors (Lipinski definition) is 1. The Morgan fingerprint density at radius 3 is 0.800 bits per heavy atom. The molecule has 0 radical (unpaired) electrons. The van der Waals surface area contributed by atoms with Crippen molar-refractivity contribution in [2.75, 3.05) is 6.61 Å². The second-order valence-corrected chi connectivity index (χ2v) is 15.9. The maximum Gasteiger partial charge on any atom is 0.305 e. The van der Waals surface area contributed by atoms with Gasteiger partial charge in [0.25, 0.3) is 0 Å². The van der Waals surface area contributed by atoms with Crippen LogP contribution in [0.25, 0.3) is 0 Å². The molecule has 50 heavy (non-hydrogen) atoms. The van der Waals surface area contributed by atoms with Crippen molar-refractivity contribution in [1.29, 1.82) is 0 Å². The van der Waals surface area contributed by atoms with E-state index in [4.69, 9.17) is 9.84 Å². The summed E-state index contributed by atoms with van der Waals surface area (Å²) in [7, 11) is 0. The Bertz CT molecular complexity index is 663. The summed E-state index contributed by atoms with van der Waals surface area (Å²) in [5.74, 6) is -0.632. The number of carboxylic acid groups (broad SMARTS) is 1. The van der Waals surface area contributed by atoms with E-state index in [-0.39, 0.29) is 5.97 Å². The van der Waals surface area contributed by atoms with Crippen molar-refractivity contribution in [3.63, 3.8) is 0 Å². The third-order valence-electron chi connectivity index (χ3n) is 10.8. The molecule has 0 spiro atoms. The van der Waals surface area contributed by atoms with Crippen LogP contribution in [0.4, 0.5) is 0 Å². The Kier molecular flexibility index (Phi) is 43.2. The number of ether oxygens (including phenoxy) is 1. The molecule has 0 atom stereocenters. The minimum absolute atomic E-state index is 0.0198. The van der Waals surface area contributed by atoms with Crippen LogP contribution in [0.15, 0.2) is 0 Å². The second kappa shape index (κ2) is 44.1. The quantitative estimate of drug-likeness (QED) is 0.0506. The highest BCUT2D eigenvalue weighted by Gasteiger charge is 2.03. The molecule has 298 valence electrons. The van der Waals surface area contributed by atoms with Crippen molar-refractivity contribution in [2.45, 2.75) is 277 Å². The molecule has 0 bridgehead atoms. The van der Waals surface area contributed by atoms with Gasteiger partial charge in [0.1, 0.15) is 0 Å². The van der Waals surface area contributed by atoms with Gasteiger partial charge in [-0.25, -0.2) is 0 Å². The first kappa shape index (κ1) is 48.9. The van der Waals surface area contributed by atoms with Crippen molar-refractivity contribution < 1.29 is 19.4 Å². The fourth-order valence-corrected chi connectivity index (χ4v) is 7.34. The summed E-state index contributed by atoms with van der Waals surface area (Å²) >= 11 is 0. The van der Waals surface area contributed by atoms with Crippen molar-refractivity contribution in [2.24, 2.45) is 0 Å². The van der Waals surface area contributed by atoms with Gasteiger partial charge in [-0.05, 0) is 19.3 Å². The van der Waals surface area contributed by atoms with E-state index in [2.05, 4.69) is 6.92 Å². The summed E-state index contributed by atoms with van der Waals surface area (Å²) in [5, 5.41) is 8.65. The highest BCUT2D eigenvalue weighted by Crippen LogP contribution is 2.17. The topological polar surface area (TPSA) is 63.6 Å². The third kappa shape index (κ3) is 45.0. The molecule has 4 heteroatoms. The van der Waals surface area contributed by atoms with Crippen LogP contribution in [-0.2, 0) is 14.3 Å². The molecule has 1 N–H and O–H groups in total. The number of carbonyl (C=O) groups excluding carboxylic acids is 1. The monoisotopic (exact) mass is 707 g/mol. The lowest BCUT2D eigenvalue weighted by Crippen LogP contribution is -2.05. The zero-order chi connectivity index (χ0) is 36.3. The van der Waals surface area contributed by atoms with E-state index in [1.807, 2.05) is 0 Å². The van der Waals surface area contributed by atoms with E-state index >= 15 is 0 Å². The number of unbranched alkanes of at least 4 members (excludes halogenated alkanes) is 38. The van der Waals surface area contributed by atoms with Crippen LogP contribution in [0, 0.1) is 0 Å². The predicted molar refractivity (Wildman–Crippen MR) is 218 cm³/mol. The van der Waals surface area contributed by atoms with Gasteiger partial charge in [-0.1, -0.05) is 244 Å². The third-order valence-corrected chi connectivity index (χ3v) is 10.8. The summed E-state index contributed by atoms with van der Waals surface area (Å²) in [5.41, 5.74) is 0. The molecular weight excluding hydrogens is 617 g/mol. The predicted octanol–water partition coefficient (Wildman–Crippen LogP) is 16.0. The summed E-state index contributed by atoms with van der Waals surface area (Å²) < 4.78 is 5.44. The van der Waals surface area contributed by atoms with E-state index in [0.717, 1.165) is 25.7 Å². The first-order valence-electron chi connectivity index (χ1n) is 23.0. The Balaban J connectivity index is 3.11. The standard InChI is InChI=1S/C46H90O4/c1-2-3-4-5-6-30-34-37-40-43-46(49)50-44-41-38-35-32-29-27-25-23-21-19-17-15-13-11-9-7-8-10-12-14-16-18-20-22-24-26-28-31-33-36-39-42-45(47)48/h2-44H2,1H3,(H,47,48). The summed E-state index contributed by atoms with van der Waals surface area (Å²) in [6.45, 7) is 2.89. The average molecular weight is 707 g/mol. The molecule has 0 heterocycles. The van der Waals surface area contributed by atoms with Gasteiger partial charge in [0.05, 0.1) is 6.61 Å². The first-order valence-corrected chi connectivity index (χ1v) is 23.0. The van der Waals surface area contributed by atoms with Crippen LogP contribution < -0.4 is 0 Å². The molecule has 0 saturated carbocycles. The summed E-state index contributed by atoms with van der Waals surface area (Å²) in [6, 6.07) is 0. The maximum atomic E-state index is 11.9. The highest BCUT2D eigenvalue weighted by molar-refractivity contribution is 5.69. The zero-order valence-electron chi connectivity index (χ0n) is 34.1. The number of esters is 1. The van der Waals surface area contributed by atoms with Crippen LogP contribution in [0.5, 0.6) is 0 Å². The van der Waals surface area contributed by atoms with Gasteiger partial charge in [0.2, 0.25) is 0 Å². The Hall–Kier alpha value is -1.06. The number of aliphatic carboxylic acids is 1.